The van der Waals surface area contributed by atoms with E-state index in [9.17, 15) is 4.79 Å². The van der Waals surface area contributed by atoms with Crippen molar-refractivity contribution in [2.75, 3.05) is 0 Å². The summed E-state index contributed by atoms with van der Waals surface area (Å²) in [5.41, 5.74) is 0. The Morgan fingerprint density at radius 1 is 1.12 bits per heavy atom. The lowest BCUT2D eigenvalue weighted by atomic mass is 10.3. The fraction of sp³-hybridized carbons (Fsp3) is 0.286. The van der Waals surface area contributed by atoms with Gasteiger partial charge in [-0.2, -0.15) is 0 Å². The predicted octanol–water partition coefficient (Wildman–Crippen LogP) is 1.71. The lowest BCUT2D eigenvalue weighted by Crippen LogP contribution is -1.81. The standard InChI is InChI=1S/C7H10O/c1-3-5-7(8)6-4-2/h3-6H,1-2H3/b5-3-,6-4?. The Morgan fingerprint density at radius 3 is 1.75 bits per heavy atom. The average Bonchev–Trinajstić information content (AvgIpc) is 1.68. The van der Waals surface area contributed by atoms with Gasteiger partial charge in [0.2, 0.25) is 0 Å². The summed E-state index contributed by atoms with van der Waals surface area (Å²) in [5.74, 6) is 0.0509. The molecule has 0 rings (SSSR count). The van der Waals surface area contributed by atoms with Crippen molar-refractivity contribution in [3.8, 4) is 0 Å². The van der Waals surface area contributed by atoms with Crippen molar-refractivity contribution >= 4 is 5.78 Å². The van der Waals surface area contributed by atoms with Crippen LogP contribution in [0.15, 0.2) is 24.3 Å². The SMILES string of the molecule is CC=CC(=O)/C=C\C. The molecule has 1 nitrogen and oxygen atoms in total. The van der Waals surface area contributed by atoms with E-state index >= 15 is 0 Å². The second kappa shape index (κ2) is 4.31. The molecule has 0 aromatic rings. The van der Waals surface area contributed by atoms with Gasteiger partial charge in [0.05, 0.1) is 0 Å². The van der Waals surface area contributed by atoms with Crippen molar-refractivity contribution < 1.29 is 4.79 Å². The van der Waals surface area contributed by atoms with Crippen molar-refractivity contribution in [2.24, 2.45) is 0 Å². The normalized spacial score (nSPS) is 11.2. The first-order valence-electron chi connectivity index (χ1n) is 2.60. The van der Waals surface area contributed by atoms with Crippen LogP contribution in [0.3, 0.4) is 0 Å². The van der Waals surface area contributed by atoms with Gasteiger partial charge in [0, 0.05) is 0 Å². The van der Waals surface area contributed by atoms with Crippen LogP contribution in [-0.2, 0) is 4.79 Å². The zero-order valence-electron chi connectivity index (χ0n) is 5.22. The van der Waals surface area contributed by atoms with E-state index in [1.54, 1.807) is 12.2 Å². The number of rotatable bonds is 2. The molecule has 8 heavy (non-hydrogen) atoms. The second-order valence-corrected chi connectivity index (χ2v) is 1.40. The first kappa shape index (κ1) is 7.15. The van der Waals surface area contributed by atoms with Crippen LogP contribution in [0.25, 0.3) is 0 Å². The molecule has 0 spiro atoms. The fourth-order valence-corrected chi connectivity index (χ4v) is 0.384. The summed E-state index contributed by atoms with van der Waals surface area (Å²) in [6.45, 7) is 3.64. The highest BCUT2D eigenvalue weighted by Gasteiger charge is 1.80. The van der Waals surface area contributed by atoms with Crippen molar-refractivity contribution in [2.45, 2.75) is 13.8 Å². The number of carbonyl (C=O) groups is 1. The molecule has 44 valence electrons. The summed E-state index contributed by atoms with van der Waals surface area (Å²) in [5, 5.41) is 0. The van der Waals surface area contributed by atoms with Crippen molar-refractivity contribution in [3.05, 3.63) is 24.3 Å². The van der Waals surface area contributed by atoms with Gasteiger partial charge >= 0.3 is 0 Å². The highest BCUT2D eigenvalue weighted by Crippen LogP contribution is 1.78. The quantitative estimate of drug-likeness (QED) is 0.494. The van der Waals surface area contributed by atoms with Gasteiger partial charge in [0.1, 0.15) is 0 Å². The lowest BCUT2D eigenvalue weighted by molar-refractivity contribution is -0.110. The zero-order chi connectivity index (χ0) is 6.41. The maximum Gasteiger partial charge on any atom is 0.177 e. The summed E-state index contributed by atoms with van der Waals surface area (Å²) in [7, 11) is 0. The first-order valence-corrected chi connectivity index (χ1v) is 2.60. The van der Waals surface area contributed by atoms with Crippen LogP contribution in [0.4, 0.5) is 0 Å². The van der Waals surface area contributed by atoms with Gasteiger partial charge in [-0.15, -0.1) is 0 Å². The molecular formula is C7H10O. The fourth-order valence-electron chi connectivity index (χ4n) is 0.384. The Hall–Kier alpha value is -0.850. The Morgan fingerprint density at radius 2 is 1.50 bits per heavy atom. The highest BCUT2D eigenvalue weighted by atomic mass is 16.1. The van der Waals surface area contributed by atoms with Gasteiger partial charge < -0.3 is 0 Å². The van der Waals surface area contributed by atoms with Gasteiger partial charge in [0.15, 0.2) is 5.78 Å². The minimum absolute atomic E-state index is 0.0509. The summed E-state index contributed by atoms with van der Waals surface area (Å²) >= 11 is 0. The summed E-state index contributed by atoms with van der Waals surface area (Å²) < 4.78 is 0. The molecule has 0 unspecified atom stereocenters. The number of allylic oxidation sites excluding steroid dienone is 4. The molecule has 0 aliphatic rings. The minimum atomic E-state index is 0.0509. The molecule has 0 aromatic heterocycles. The molecule has 0 aliphatic carbocycles. The van der Waals surface area contributed by atoms with Crippen molar-refractivity contribution in [3.63, 3.8) is 0 Å². The van der Waals surface area contributed by atoms with E-state index in [0.717, 1.165) is 0 Å². The Balaban J connectivity index is 3.66. The van der Waals surface area contributed by atoms with Gasteiger partial charge in [-0.25, -0.2) is 0 Å². The summed E-state index contributed by atoms with van der Waals surface area (Å²) in [4.78, 5) is 10.5. The minimum Gasteiger partial charge on any atom is -0.290 e. The van der Waals surface area contributed by atoms with Gasteiger partial charge in [-0.3, -0.25) is 4.79 Å². The van der Waals surface area contributed by atoms with Gasteiger partial charge in [0.25, 0.3) is 0 Å². The molecule has 0 bridgehead atoms. The molecule has 0 amide bonds. The Kier molecular flexibility index (Phi) is 3.85. The lowest BCUT2D eigenvalue weighted by Gasteiger charge is -1.75. The van der Waals surface area contributed by atoms with E-state index in [-0.39, 0.29) is 5.78 Å². The van der Waals surface area contributed by atoms with Crippen LogP contribution in [0, 0.1) is 0 Å². The van der Waals surface area contributed by atoms with Gasteiger partial charge in [-0.1, -0.05) is 12.2 Å². The van der Waals surface area contributed by atoms with E-state index in [4.69, 9.17) is 0 Å². The third-order valence-corrected chi connectivity index (χ3v) is 0.662. The van der Waals surface area contributed by atoms with Crippen LogP contribution < -0.4 is 0 Å². The maximum atomic E-state index is 10.5. The topological polar surface area (TPSA) is 17.1 Å². The average molecular weight is 110 g/mol. The van der Waals surface area contributed by atoms with Crippen LogP contribution in [0.5, 0.6) is 0 Å². The van der Waals surface area contributed by atoms with E-state index < -0.39 is 0 Å². The molecule has 0 fully saturated rings. The smallest absolute Gasteiger partial charge is 0.177 e. The summed E-state index contributed by atoms with van der Waals surface area (Å²) in [6, 6.07) is 0. The first-order chi connectivity index (χ1) is 3.81. The van der Waals surface area contributed by atoms with Crippen molar-refractivity contribution in [1.29, 1.82) is 0 Å². The van der Waals surface area contributed by atoms with Crippen LogP contribution in [0.2, 0.25) is 0 Å². The number of carbonyl (C=O) groups excluding carboxylic acids is 1. The summed E-state index contributed by atoms with van der Waals surface area (Å²) in [6.07, 6.45) is 6.50. The van der Waals surface area contributed by atoms with Crippen LogP contribution in [0.1, 0.15) is 13.8 Å². The zero-order valence-corrected chi connectivity index (χ0v) is 5.22. The van der Waals surface area contributed by atoms with E-state index in [1.165, 1.54) is 12.2 Å². The molecule has 0 aliphatic heterocycles. The van der Waals surface area contributed by atoms with Crippen LogP contribution >= 0.6 is 0 Å². The van der Waals surface area contributed by atoms with Crippen molar-refractivity contribution in [1.82, 2.24) is 0 Å². The second-order valence-electron chi connectivity index (χ2n) is 1.40. The maximum absolute atomic E-state index is 10.5. The third-order valence-electron chi connectivity index (χ3n) is 0.662. The number of hydrogen-bond acceptors (Lipinski definition) is 1. The largest absolute Gasteiger partial charge is 0.290 e. The molecular weight excluding hydrogens is 100 g/mol. The molecule has 0 saturated heterocycles. The van der Waals surface area contributed by atoms with Crippen LogP contribution in [-0.4, -0.2) is 5.78 Å². The third kappa shape index (κ3) is 3.34. The Bertz CT molecular complexity index is 106. The number of hydrogen-bond donors (Lipinski definition) is 0. The molecule has 0 heterocycles. The molecule has 0 saturated carbocycles. The molecule has 0 aromatic carbocycles. The molecule has 1 heteroatoms. The molecule has 0 N–H and O–H groups in total. The predicted molar refractivity (Wildman–Crippen MR) is 34.6 cm³/mol. The van der Waals surface area contributed by atoms with E-state index in [2.05, 4.69) is 0 Å². The molecule has 0 radical (unpaired) electrons. The molecule has 0 atom stereocenters. The van der Waals surface area contributed by atoms with E-state index in [0.29, 0.717) is 0 Å². The highest BCUT2D eigenvalue weighted by molar-refractivity contribution is 5.98. The number of ketones is 1. The van der Waals surface area contributed by atoms with E-state index in [1.807, 2.05) is 13.8 Å². The van der Waals surface area contributed by atoms with Gasteiger partial charge in [-0.05, 0) is 26.0 Å². The monoisotopic (exact) mass is 110 g/mol. The Labute approximate surface area is 49.7 Å².